The average molecular weight is 365 g/mol. The molecule has 0 spiro atoms. The number of nitrogens with zero attached hydrogens (tertiary/aromatic N) is 3. The van der Waals surface area contributed by atoms with Crippen molar-refractivity contribution in [2.75, 3.05) is 18.0 Å². The molecule has 2 heterocycles. The summed E-state index contributed by atoms with van der Waals surface area (Å²) in [5.74, 6) is -0.565. The van der Waals surface area contributed by atoms with Crippen LogP contribution >= 0.6 is 0 Å². The number of aliphatic carboxylic acids is 1. The highest BCUT2D eigenvalue weighted by atomic mass is 19.4. The lowest BCUT2D eigenvalue weighted by molar-refractivity contribution is -0.151. The Morgan fingerprint density at radius 1 is 1.12 bits per heavy atom. The third kappa shape index (κ3) is 3.63. The molecule has 0 unspecified atom stereocenters. The number of anilines is 1. The van der Waals surface area contributed by atoms with Crippen LogP contribution in [0.3, 0.4) is 0 Å². The Balaban J connectivity index is 1.83. The Labute approximate surface area is 148 Å². The van der Waals surface area contributed by atoms with Gasteiger partial charge in [-0.1, -0.05) is 18.2 Å². The van der Waals surface area contributed by atoms with Crippen LogP contribution < -0.4 is 4.90 Å². The molecule has 26 heavy (non-hydrogen) atoms. The molecule has 3 rings (SSSR count). The van der Waals surface area contributed by atoms with E-state index in [1.54, 1.807) is 18.5 Å². The first-order chi connectivity index (χ1) is 12.3. The number of halogens is 3. The number of hydrogen-bond donors (Lipinski definition) is 1. The van der Waals surface area contributed by atoms with Gasteiger partial charge in [0.25, 0.3) is 0 Å². The molecule has 1 aliphatic rings. The minimum absolute atomic E-state index is 0.0202. The number of hydrogen-bond acceptors (Lipinski definition) is 4. The molecule has 1 fully saturated rings. The quantitative estimate of drug-likeness (QED) is 0.899. The van der Waals surface area contributed by atoms with Crippen molar-refractivity contribution in [2.45, 2.75) is 25.4 Å². The van der Waals surface area contributed by atoms with Gasteiger partial charge in [0.1, 0.15) is 0 Å². The molecule has 0 amide bonds. The number of benzene rings is 1. The summed E-state index contributed by atoms with van der Waals surface area (Å²) in [5.41, 5.74) is -1.98. The molecular weight excluding hydrogens is 347 g/mol. The lowest BCUT2D eigenvalue weighted by Crippen LogP contribution is -2.46. The third-order valence-electron chi connectivity index (χ3n) is 4.86. The van der Waals surface area contributed by atoms with E-state index in [2.05, 4.69) is 9.97 Å². The Bertz CT molecular complexity index is 773. The summed E-state index contributed by atoms with van der Waals surface area (Å²) in [4.78, 5) is 22.1. The highest BCUT2D eigenvalue weighted by molar-refractivity contribution is 5.75. The third-order valence-corrected chi connectivity index (χ3v) is 4.86. The molecule has 0 aliphatic carbocycles. The van der Waals surface area contributed by atoms with Crippen molar-refractivity contribution in [3.05, 3.63) is 53.9 Å². The van der Waals surface area contributed by atoms with Crippen molar-refractivity contribution in [3.63, 3.8) is 0 Å². The predicted octanol–water partition coefficient (Wildman–Crippen LogP) is 3.41. The van der Waals surface area contributed by atoms with Crippen LogP contribution in [0.15, 0.2) is 42.7 Å². The maximum atomic E-state index is 13.2. The van der Waals surface area contributed by atoms with Crippen molar-refractivity contribution in [1.29, 1.82) is 0 Å². The Morgan fingerprint density at radius 3 is 2.31 bits per heavy atom. The van der Waals surface area contributed by atoms with Crippen LogP contribution in [0.2, 0.25) is 0 Å². The fourth-order valence-electron chi connectivity index (χ4n) is 3.37. The van der Waals surface area contributed by atoms with Crippen LogP contribution in [-0.2, 0) is 17.4 Å². The van der Waals surface area contributed by atoms with Crippen LogP contribution in [0.4, 0.5) is 19.1 Å². The summed E-state index contributed by atoms with van der Waals surface area (Å²) in [6.07, 6.45) is -1.00. The zero-order chi connectivity index (χ0) is 18.8. The van der Waals surface area contributed by atoms with Crippen LogP contribution in [0.5, 0.6) is 0 Å². The van der Waals surface area contributed by atoms with E-state index < -0.39 is 23.1 Å². The van der Waals surface area contributed by atoms with E-state index in [0.717, 1.165) is 6.07 Å². The van der Waals surface area contributed by atoms with Crippen molar-refractivity contribution >= 4 is 11.9 Å². The van der Waals surface area contributed by atoms with E-state index in [1.165, 1.54) is 18.2 Å². The first-order valence-electron chi connectivity index (χ1n) is 8.22. The van der Waals surface area contributed by atoms with Gasteiger partial charge >= 0.3 is 12.1 Å². The fraction of sp³-hybridized carbons (Fsp3) is 0.389. The van der Waals surface area contributed by atoms with Crippen molar-refractivity contribution < 1.29 is 23.1 Å². The second-order valence-corrected chi connectivity index (χ2v) is 6.45. The summed E-state index contributed by atoms with van der Waals surface area (Å²) < 4.78 is 39.7. The highest BCUT2D eigenvalue weighted by Crippen LogP contribution is 2.40. The Hall–Kier alpha value is -2.64. The van der Waals surface area contributed by atoms with Crippen molar-refractivity contribution in [2.24, 2.45) is 5.41 Å². The topological polar surface area (TPSA) is 66.3 Å². The van der Waals surface area contributed by atoms with E-state index in [4.69, 9.17) is 0 Å². The Morgan fingerprint density at radius 2 is 1.73 bits per heavy atom. The normalized spacial score (nSPS) is 17.1. The molecule has 2 aromatic rings. The molecule has 5 nitrogen and oxygen atoms in total. The van der Waals surface area contributed by atoms with Gasteiger partial charge in [-0.25, -0.2) is 9.97 Å². The summed E-state index contributed by atoms with van der Waals surface area (Å²) in [5, 5.41) is 9.77. The van der Waals surface area contributed by atoms with E-state index in [9.17, 15) is 23.1 Å². The summed E-state index contributed by atoms with van der Waals surface area (Å²) in [6.45, 7) is 0.759. The molecule has 8 heteroatoms. The van der Waals surface area contributed by atoms with E-state index in [1.807, 2.05) is 4.90 Å². The van der Waals surface area contributed by atoms with Gasteiger partial charge in [-0.15, -0.1) is 0 Å². The first-order valence-corrected chi connectivity index (χ1v) is 8.22. The summed E-state index contributed by atoms with van der Waals surface area (Å²) in [6, 6.07) is 6.86. The van der Waals surface area contributed by atoms with Gasteiger partial charge in [0.15, 0.2) is 0 Å². The van der Waals surface area contributed by atoms with Gasteiger partial charge in [-0.05, 0) is 37.0 Å². The second kappa shape index (κ2) is 6.93. The van der Waals surface area contributed by atoms with Gasteiger partial charge in [0.2, 0.25) is 5.95 Å². The predicted molar refractivity (Wildman–Crippen MR) is 88.7 cm³/mol. The lowest BCUT2D eigenvalue weighted by atomic mass is 9.73. The van der Waals surface area contributed by atoms with Crippen molar-refractivity contribution in [3.8, 4) is 0 Å². The van der Waals surface area contributed by atoms with Crippen LogP contribution in [0, 0.1) is 5.41 Å². The number of carbonyl (C=O) groups is 1. The first kappa shape index (κ1) is 18.2. The number of carboxylic acids is 1. The number of piperidine rings is 1. The average Bonchev–Trinajstić information content (AvgIpc) is 2.62. The molecule has 0 bridgehead atoms. The van der Waals surface area contributed by atoms with Gasteiger partial charge < -0.3 is 10.0 Å². The fourth-order valence-corrected chi connectivity index (χ4v) is 3.37. The molecule has 0 saturated carbocycles. The highest BCUT2D eigenvalue weighted by Gasteiger charge is 2.44. The van der Waals surface area contributed by atoms with Crippen LogP contribution in [0.25, 0.3) is 0 Å². The maximum Gasteiger partial charge on any atom is 0.416 e. The zero-order valence-electron chi connectivity index (χ0n) is 13.9. The SMILES string of the molecule is O=C(O)C1(Cc2ccccc2C(F)(F)F)CCN(c2ncccn2)CC1. The number of alkyl halides is 3. The molecule has 0 atom stereocenters. The summed E-state index contributed by atoms with van der Waals surface area (Å²) >= 11 is 0. The standard InChI is InChI=1S/C18H18F3N3O2/c19-18(20,21)14-5-2-1-4-13(14)12-17(15(25)26)6-10-24(11-7-17)16-22-8-3-9-23-16/h1-5,8-9H,6-7,10-12H2,(H,25,26). The molecule has 0 radical (unpaired) electrons. The van der Waals surface area contributed by atoms with E-state index >= 15 is 0 Å². The van der Waals surface area contributed by atoms with Crippen LogP contribution in [-0.4, -0.2) is 34.1 Å². The van der Waals surface area contributed by atoms with E-state index in [0.29, 0.717) is 19.0 Å². The largest absolute Gasteiger partial charge is 0.481 e. The lowest BCUT2D eigenvalue weighted by Gasteiger charge is -2.39. The monoisotopic (exact) mass is 365 g/mol. The maximum absolute atomic E-state index is 13.2. The molecule has 1 aromatic heterocycles. The molecule has 138 valence electrons. The van der Waals surface area contributed by atoms with Crippen LogP contribution in [0.1, 0.15) is 24.0 Å². The van der Waals surface area contributed by atoms with Gasteiger partial charge in [0, 0.05) is 25.5 Å². The van der Waals surface area contributed by atoms with Crippen molar-refractivity contribution in [1.82, 2.24) is 9.97 Å². The molecule has 1 aromatic carbocycles. The second-order valence-electron chi connectivity index (χ2n) is 6.45. The Kier molecular flexibility index (Phi) is 4.84. The minimum atomic E-state index is -4.51. The number of rotatable bonds is 4. The smallest absolute Gasteiger partial charge is 0.416 e. The van der Waals surface area contributed by atoms with Gasteiger partial charge in [-0.3, -0.25) is 4.79 Å². The van der Waals surface area contributed by atoms with E-state index in [-0.39, 0.29) is 24.8 Å². The number of carboxylic acid groups (broad SMARTS) is 1. The zero-order valence-corrected chi connectivity index (χ0v) is 13.9. The van der Waals surface area contributed by atoms with Gasteiger partial charge in [-0.2, -0.15) is 13.2 Å². The molecule has 1 saturated heterocycles. The minimum Gasteiger partial charge on any atom is -0.481 e. The summed E-state index contributed by atoms with van der Waals surface area (Å²) in [7, 11) is 0. The molecule has 1 aliphatic heterocycles. The molecule has 1 N–H and O–H groups in total. The molecular formula is C18H18F3N3O2. The van der Waals surface area contributed by atoms with Gasteiger partial charge in [0.05, 0.1) is 11.0 Å². The number of aromatic nitrogens is 2.